The lowest BCUT2D eigenvalue weighted by Gasteiger charge is -2.03. The summed E-state index contributed by atoms with van der Waals surface area (Å²) in [6.07, 6.45) is 1.36. The SMILES string of the molecule is O=C(N/N=C\c1cc(N=Nc2cccc3ccccc23)ccc1O)c1cccc(Br)c1. The summed E-state index contributed by atoms with van der Waals surface area (Å²) in [5.74, 6) is -0.339. The third-order valence-electron chi connectivity index (χ3n) is 4.51. The minimum Gasteiger partial charge on any atom is -0.507 e. The molecule has 4 aromatic carbocycles. The fourth-order valence-corrected chi connectivity index (χ4v) is 3.37. The number of hydrogen-bond donors (Lipinski definition) is 2. The summed E-state index contributed by atoms with van der Waals surface area (Å²) in [5.41, 5.74) is 4.62. The van der Waals surface area contributed by atoms with E-state index < -0.39 is 0 Å². The Hall–Kier alpha value is -3.84. The standard InChI is InChI=1S/C24H17BrN4O2/c25-19-8-3-7-17(13-19)24(31)29-26-15-18-14-20(11-12-23(18)30)27-28-22-10-4-6-16-5-1-2-9-21(16)22/h1-15,30H,(H,29,31)/b26-15-,28-27?. The molecule has 4 aromatic rings. The number of halogens is 1. The van der Waals surface area contributed by atoms with E-state index in [0.717, 1.165) is 20.9 Å². The van der Waals surface area contributed by atoms with Crippen LogP contribution < -0.4 is 5.43 Å². The Kier molecular flexibility index (Phi) is 6.14. The van der Waals surface area contributed by atoms with Gasteiger partial charge in [-0.15, -0.1) is 5.11 Å². The van der Waals surface area contributed by atoms with E-state index in [1.807, 2.05) is 48.5 Å². The maximum atomic E-state index is 12.2. The van der Waals surface area contributed by atoms with Gasteiger partial charge in [0, 0.05) is 21.0 Å². The number of phenolic OH excluding ortho intramolecular Hbond substituents is 1. The van der Waals surface area contributed by atoms with Crippen LogP contribution in [-0.4, -0.2) is 17.2 Å². The lowest BCUT2D eigenvalue weighted by molar-refractivity contribution is 0.0955. The van der Waals surface area contributed by atoms with Gasteiger partial charge in [0.25, 0.3) is 5.91 Å². The Morgan fingerprint density at radius 2 is 1.71 bits per heavy atom. The Labute approximate surface area is 187 Å². The molecule has 152 valence electrons. The number of benzene rings is 4. The van der Waals surface area contributed by atoms with E-state index in [0.29, 0.717) is 16.8 Å². The molecule has 0 spiro atoms. The average molecular weight is 473 g/mol. The van der Waals surface area contributed by atoms with Crippen molar-refractivity contribution in [2.24, 2.45) is 15.3 Å². The van der Waals surface area contributed by atoms with Gasteiger partial charge >= 0.3 is 0 Å². The van der Waals surface area contributed by atoms with E-state index in [9.17, 15) is 9.90 Å². The number of rotatable bonds is 5. The van der Waals surface area contributed by atoms with Crippen molar-refractivity contribution in [3.63, 3.8) is 0 Å². The summed E-state index contributed by atoms with van der Waals surface area (Å²) in [5, 5.41) is 24.8. The summed E-state index contributed by atoms with van der Waals surface area (Å²) in [7, 11) is 0. The molecule has 1 amide bonds. The van der Waals surface area contributed by atoms with E-state index in [-0.39, 0.29) is 11.7 Å². The average Bonchev–Trinajstić information content (AvgIpc) is 2.79. The molecule has 0 saturated carbocycles. The highest BCUT2D eigenvalue weighted by molar-refractivity contribution is 9.10. The summed E-state index contributed by atoms with van der Waals surface area (Å²) in [6.45, 7) is 0. The van der Waals surface area contributed by atoms with Gasteiger partial charge in [0.2, 0.25) is 0 Å². The first kappa shape index (κ1) is 20.4. The van der Waals surface area contributed by atoms with Gasteiger partial charge in [-0.05, 0) is 47.9 Å². The lowest BCUT2D eigenvalue weighted by atomic mass is 10.1. The number of nitrogens with one attached hydrogen (secondary N) is 1. The molecule has 0 aliphatic heterocycles. The number of fused-ring (bicyclic) bond motifs is 1. The smallest absolute Gasteiger partial charge is 0.271 e. The van der Waals surface area contributed by atoms with Gasteiger partial charge in [0.1, 0.15) is 5.75 Å². The van der Waals surface area contributed by atoms with Gasteiger partial charge in [0.15, 0.2) is 0 Å². The Bertz CT molecular complexity index is 1310. The Morgan fingerprint density at radius 3 is 2.58 bits per heavy atom. The predicted octanol–water partition coefficient (Wildman–Crippen LogP) is 6.49. The number of aromatic hydroxyl groups is 1. The predicted molar refractivity (Wildman–Crippen MR) is 125 cm³/mol. The van der Waals surface area contributed by atoms with Crippen LogP contribution in [0.3, 0.4) is 0 Å². The summed E-state index contributed by atoms with van der Waals surface area (Å²) < 4.78 is 0.797. The number of nitrogens with zero attached hydrogens (tertiary/aromatic N) is 3. The molecule has 7 heteroatoms. The molecular weight excluding hydrogens is 456 g/mol. The number of carbonyl (C=O) groups is 1. The first-order valence-electron chi connectivity index (χ1n) is 9.42. The van der Waals surface area contributed by atoms with E-state index in [1.165, 1.54) is 12.3 Å². The van der Waals surface area contributed by atoms with Crippen molar-refractivity contribution >= 4 is 50.2 Å². The van der Waals surface area contributed by atoms with E-state index in [2.05, 4.69) is 36.7 Å². The summed E-state index contributed by atoms with van der Waals surface area (Å²) in [4.78, 5) is 12.2. The normalized spacial score (nSPS) is 11.4. The summed E-state index contributed by atoms with van der Waals surface area (Å²) in [6, 6.07) is 25.6. The molecule has 0 bridgehead atoms. The third kappa shape index (κ3) is 5.02. The largest absolute Gasteiger partial charge is 0.507 e. The highest BCUT2D eigenvalue weighted by Crippen LogP contribution is 2.28. The van der Waals surface area contributed by atoms with Gasteiger partial charge in [0.05, 0.1) is 17.6 Å². The number of amides is 1. The minimum atomic E-state index is -0.358. The molecule has 0 aromatic heterocycles. The van der Waals surface area contributed by atoms with E-state index in [1.54, 1.807) is 30.3 Å². The highest BCUT2D eigenvalue weighted by atomic mass is 79.9. The van der Waals surface area contributed by atoms with Crippen LogP contribution in [0.25, 0.3) is 10.8 Å². The van der Waals surface area contributed by atoms with Crippen LogP contribution in [0, 0.1) is 0 Å². The highest BCUT2D eigenvalue weighted by Gasteiger charge is 2.05. The zero-order valence-corrected chi connectivity index (χ0v) is 17.8. The van der Waals surface area contributed by atoms with Crippen molar-refractivity contribution in [2.75, 3.05) is 0 Å². The molecule has 0 fully saturated rings. The Morgan fingerprint density at radius 1 is 0.903 bits per heavy atom. The molecule has 0 aliphatic rings. The molecule has 31 heavy (non-hydrogen) atoms. The monoisotopic (exact) mass is 472 g/mol. The first-order valence-corrected chi connectivity index (χ1v) is 10.2. The number of azo groups is 1. The molecule has 0 aliphatic carbocycles. The minimum absolute atomic E-state index is 0.0181. The second-order valence-corrected chi connectivity index (χ2v) is 7.57. The number of carbonyl (C=O) groups excluding carboxylic acids is 1. The van der Waals surface area contributed by atoms with Gasteiger partial charge in [-0.3, -0.25) is 4.79 Å². The maximum absolute atomic E-state index is 12.2. The Balaban J connectivity index is 1.51. The van der Waals surface area contributed by atoms with Crippen LogP contribution in [0.1, 0.15) is 15.9 Å². The quantitative estimate of drug-likeness (QED) is 0.197. The molecule has 0 atom stereocenters. The first-order chi connectivity index (χ1) is 15.1. The molecule has 0 unspecified atom stereocenters. The fraction of sp³-hybridized carbons (Fsp3) is 0. The molecular formula is C24H17BrN4O2. The van der Waals surface area contributed by atoms with Crippen molar-refractivity contribution in [1.29, 1.82) is 0 Å². The topological polar surface area (TPSA) is 86.4 Å². The van der Waals surface area contributed by atoms with Crippen LogP contribution in [0.2, 0.25) is 0 Å². The van der Waals surface area contributed by atoms with Crippen LogP contribution >= 0.6 is 15.9 Å². The molecule has 2 N–H and O–H groups in total. The number of hydrazone groups is 1. The van der Waals surface area contributed by atoms with Crippen molar-refractivity contribution in [3.05, 3.63) is 101 Å². The molecule has 6 nitrogen and oxygen atoms in total. The van der Waals surface area contributed by atoms with Crippen molar-refractivity contribution in [1.82, 2.24) is 5.43 Å². The molecule has 0 radical (unpaired) electrons. The fourth-order valence-electron chi connectivity index (χ4n) is 2.97. The molecule has 4 rings (SSSR count). The van der Waals surface area contributed by atoms with Gasteiger partial charge < -0.3 is 5.11 Å². The van der Waals surface area contributed by atoms with E-state index in [4.69, 9.17) is 0 Å². The van der Waals surface area contributed by atoms with Crippen molar-refractivity contribution < 1.29 is 9.90 Å². The van der Waals surface area contributed by atoms with E-state index >= 15 is 0 Å². The third-order valence-corrected chi connectivity index (χ3v) is 5.00. The second-order valence-electron chi connectivity index (χ2n) is 6.65. The van der Waals surface area contributed by atoms with Crippen LogP contribution in [-0.2, 0) is 0 Å². The second kappa shape index (κ2) is 9.32. The zero-order chi connectivity index (χ0) is 21.6. The van der Waals surface area contributed by atoms with Gasteiger partial charge in [-0.2, -0.15) is 10.2 Å². The van der Waals surface area contributed by atoms with Gasteiger partial charge in [-0.25, -0.2) is 5.43 Å². The molecule has 0 heterocycles. The van der Waals surface area contributed by atoms with Crippen LogP contribution in [0.5, 0.6) is 5.75 Å². The van der Waals surface area contributed by atoms with Gasteiger partial charge in [-0.1, -0.05) is 58.4 Å². The van der Waals surface area contributed by atoms with Crippen LogP contribution in [0.4, 0.5) is 11.4 Å². The zero-order valence-electron chi connectivity index (χ0n) is 16.2. The van der Waals surface area contributed by atoms with Crippen molar-refractivity contribution in [2.45, 2.75) is 0 Å². The number of phenols is 1. The lowest BCUT2D eigenvalue weighted by Crippen LogP contribution is -2.17. The number of hydrogen-bond acceptors (Lipinski definition) is 5. The van der Waals surface area contributed by atoms with Crippen LogP contribution in [0.15, 0.2) is 105 Å². The molecule has 0 saturated heterocycles. The maximum Gasteiger partial charge on any atom is 0.271 e. The van der Waals surface area contributed by atoms with Crippen molar-refractivity contribution in [3.8, 4) is 5.75 Å². The summed E-state index contributed by atoms with van der Waals surface area (Å²) >= 11 is 3.33.